The standard InChI is InChI=1S/C21H19FN4O4/c1-2-30-21(29)18-10-11-26(25-18)15-7-5-6-14(12-15)24-19(27)13-23-20(28)16-8-3-4-9-17(16)22/h3-12H,2,13H2,1H3,(H,23,28)(H,24,27). The maximum atomic E-state index is 13.6. The summed E-state index contributed by atoms with van der Waals surface area (Å²) in [5.74, 6) is -2.35. The lowest BCUT2D eigenvalue weighted by Crippen LogP contribution is -2.33. The Labute approximate surface area is 171 Å². The van der Waals surface area contributed by atoms with Crippen LogP contribution in [-0.4, -0.2) is 40.7 Å². The number of aromatic nitrogens is 2. The predicted octanol–water partition coefficient (Wildman–Crippen LogP) is 2.56. The molecule has 0 saturated carbocycles. The van der Waals surface area contributed by atoms with Crippen molar-refractivity contribution in [1.82, 2.24) is 15.1 Å². The second kappa shape index (κ2) is 9.46. The fourth-order valence-electron chi connectivity index (χ4n) is 2.61. The van der Waals surface area contributed by atoms with Crippen molar-refractivity contribution in [3.63, 3.8) is 0 Å². The number of halogens is 1. The number of hydrogen-bond acceptors (Lipinski definition) is 5. The molecule has 2 amide bonds. The van der Waals surface area contributed by atoms with E-state index in [0.717, 1.165) is 0 Å². The van der Waals surface area contributed by atoms with Crippen LogP contribution in [0.1, 0.15) is 27.8 Å². The number of carbonyl (C=O) groups excluding carboxylic acids is 3. The minimum Gasteiger partial charge on any atom is -0.461 e. The summed E-state index contributed by atoms with van der Waals surface area (Å²) in [6, 6.07) is 13.8. The van der Waals surface area contributed by atoms with Crippen LogP contribution in [-0.2, 0) is 9.53 Å². The molecule has 0 atom stereocenters. The number of rotatable bonds is 7. The number of amides is 2. The molecule has 8 nitrogen and oxygen atoms in total. The minimum absolute atomic E-state index is 0.136. The second-order valence-electron chi connectivity index (χ2n) is 6.13. The van der Waals surface area contributed by atoms with Crippen molar-refractivity contribution in [3.05, 3.63) is 77.9 Å². The van der Waals surface area contributed by atoms with Gasteiger partial charge in [-0.3, -0.25) is 9.59 Å². The minimum atomic E-state index is -0.681. The van der Waals surface area contributed by atoms with Crippen LogP contribution in [0.5, 0.6) is 0 Å². The Morgan fingerprint density at radius 3 is 2.67 bits per heavy atom. The quantitative estimate of drug-likeness (QED) is 0.583. The van der Waals surface area contributed by atoms with Crippen LogP contribution in [0.2, 0.25) is 0 Å². The van der Waals surface area contributed by atoms with Gasteiger partial charge in [0.15, 0.2) is 5.69 Å². The lowest BCUT2D eigenvalue weighted by molar-refractivity contribution is -0.115. The van der Waals surface area contributed by atoms with E-state index in [9.17, 15) is 18.8 Å². The Morgan fingerprint density at radius 2 is 1.90 bits per heavy atom. The summed E-state index contributed by atoms with van der Waals surface area (Å²) in [5, 5.41) is 9.17. The van der Waals surface area contributed by atoms with Crippen LogP contribution in [0.25, 0.3) is 5.69 Å². The summed E-state index contributed by atoms with van der Waals surface area (Å²) < 4.78 is 20.0. The monoisotopic (exact) mass is 410 g/mol. The first-order chi connectivity index (χ1) is 14.5. The second-order valence-corrected chi connectivity index (χ2v) is 6.13. The van der Waals surface area contributed by atoms with Crippen molar-refractivity contribution >= 4 is 23.5 Å². The van der Waals surface area contributed by atoms with Gasteiger partial charge in [-0.05, 0) is 43.3 Å². The topological polar surface area (TPSA) is 102 Å². The normalized spacial score (nSPS) is 10.3. The summed E-state index contributed by atoms with van der Waals surface area (Å²) in [6.07, 6.45) is 1.60. The largest absolute Gasteiger partial charge is 0.461 e. The highest BCUT2D eigenvalue weighted by Gasteiger charge is 2.13. The van der Waals surface area contributed by atoms with Gasteiger partial charge in [0.2, 0.25) is 5.91 Å². The molecule has 9 heteroatoms. The molecule has 2 N–H and O–H groups in total. The highest BCUT2D eigenvalue weighted by atomic mass is 19.1. The van der Waals surface area contributed by atoms with E-state index in [2.05, 4.69) is 15.7 Å². The number of esters is 1. The Hall–Kier alpha value is -4.01. The molecule has 1 heterocycles. The summed E-state index contributed by atoms with van der Waals surface area (Å²) in [7, 11) is 0. The van der Waals surface area contributed by atoms with E-state index in [-0.39, 0.29) is 24.4 Å². The molecule has 0 aliphatic heterocycles. The molecule has 0 radical (unpaired) electrons. The smallest absolute Gasteiger partial charge is 0.358 e. The molecule has 0 saturated heterocycles. The first-order valence-electron chi connectivity index (χ1n) is 9.13. The Morgan fingerprint density at radius 1 is 1.10 bits per heavy atom. The highest BCUT2D eigenvalue weighted by Crippen LogP contribution is 2.15. The van der Waals surface area contributed by atoms with Gasteiger partial charge >= 0.3 is 5.97 Å². The Kier molecular flexibility index (Phi) is 6.53. The van der Waals surface area contributed by atoms with Crippen LogP contribution in [0.15, 0.2) is 60.8 Å². The average molecular weight is 410 g/mol. The first kappa shape index (κ1) is 20.7. The van der Waals surface area contributed by atoms with Gasteiger partial charge in [0.25, 0.3) is 5.91 Å². The van der Waals surface area contributed by atoms with Crippen molar-refractivity contribution in [2.45, 2.75) is 6.92 Å². The molecule has 0 fully saturated rings. The number of nitrogens with zero attached hydrogens (tertiary/aromatic N) is 2. The molecule has 30 heavy (non-hydrogen) atoms. The number of nitrogens with one attached hydrogen (secondary N) is 2. The van der Waals surface area contributed by atoms with Crippen LogP contribution in [0.3, 0.4) is 0 Å². The molecular weight excluding hydrogens is 391 g/mol. The van der Waals surface area contributed by atoms with Crippen molar-refractivity contribution in [2.24, 2.45) is 0 Å². The third-order valence-corrected chi connectivity index (χ3v) is 4.00. The van der Waals surface area contributed by atoms with E-state index in [1.165, 1.54) is 35.0 Å². The molecular formula is C21H19FN4O4. The number of carbonyl (C=O) groups is 3. The van der Waals surface area contributed by atoms with E-state index in [0.29, 0.717) is 11.4 Å². The summed E-state index contributed by atoms with van der Waals surface area (Å²) in [4.78, 5) is 35.9. The SMILES string of the molecule is CCOC(=O)c1ccn(-c2cccc(NC(=O)CNC(=O)c3ccccc3F)c2)n1. The van der Waals surface area contributed by atoms with Gasteiger partial charge in [-0.1, -0.05) is 18.2 Å². The molecule has 0 unspecified atom stereocenters. The number of ether oxygens (including phenoxy) is 1. The molecule has 154 valence electrons. The van der Waals surface area contributed by atoms with E-state index in [1.807, 2.05) is 0 Å². The van der Waals surface area contributed by atoms with Gasteiger partial charge in [0.05, 0.1) is 24.4 Å². The molecule has 0 aliphatic rings. The van der Waals surface area contributed by atoms with E-state index in [1.54, 1.807) is 37.4 Å². The van der Waals surface area contributed by atoms with Gasteiger partial charge in [-0.15, -0.1) is 0 Å². The molecule has 0 aliphatic carbocycles. The molecule has 2 aromatic carbocycles. The third-order valence-electron chi connectivity index (χ3n) is 4.00. The zero-order valence-electron chi connectivity index (χ0n) is 16.1. The number of anilines is 1. The van der Waals surface area contributed by atoms with Crippen molar-refractivity contribution < 1.29 is 23.5 Å². The molecule has 3 aromatic rings. The first-order valence-corrected chi connectivity index (χ1v) is 9.13. The maximum absolute atomic E-state index is 13.6. The summed E-state index contributed by atoms with van der Waals surface area (Å²) in [5.41, 5.74) is 1.11. The molecule has 1 aromatic heterocycles. The van der Waals surface area contributed by atoms with Crippen LogP contribution >= 0.6 is 0 Å². The number of benzene rings is 2. The van der Waals surface area contributed by atoms with Crippen LogP contribution < -0.4 is 10.6 Å². The highest BCUT2D eigenvalue weighted by molar-refractivity contribution is 5.99. The van der Waals surface area contributed by atoms with Gasteiger partial charge in [-0.2, -0.15) is 5.10 Å². The third kappa shape index (κ3) is 5.07. The van der Waals surface area contributed by atoms with Crippen molar-refractivity contribution in [1.29, 1.82) is 0 Å². The van der Waals surface area contributed by atoms with Crippen LogP contribution in [0.4, 0.5) is 10.1 Å². The summed E-state index contributed by atoms with van der Waals surface area (Å²) in [6.45, 7) is 1.63. The number of hydrogen-bond donors (Lipinski definition) is 2. The molecule has 0 spiro atoms. The summed E-state index contributed by atoms with van der Waals surface area (Å²) >= 11 is 0. The zero-order chi connectivity index (χ0) is 21.5. The van der Waals surface area contributed by atoms with E-state index in [4.69, 9.17) is 4.74 Å². The van der Waals surface area contributed by atoms with Gasteiger partial charge in [-0.25, -0.2) is 13.9 Å². The maximum Gasteiger partial charge on any atom is 0.358 e. The van der Waals surface area contributed by atoms with Crippen LogP contribution in [0, 0.1) is 5.82 Å². The molecule has 3 rings (SSSR count). The zero-order valence-corrected chi connectivity index (χ0v) is 16.1. The fraction of sp³-hybridized carbons (Fsp3) is 0.143. The van der Waals surface area contributed by atoms with Gasteiger partial charge in [0, 0.05) is 11.9 Å². The Balaban J connectivity index is 1.61. The predicted molar refractivity (Wildman–Crippen MR) is 107 cm³/mol. The fourth-order valence-corrected chi connectivity index (χ4v) is 2.61. The Bertz CT molecular complexity index is 1080. The lowest BCUT2D eigenvalue weighted by atomic mass is 10.2. The van der Waals surface area contributed by atoms with Crippen molar-refractivity contribution in [3.8, 4) is 5.69 Å². The average Bonchev–Trinajstić information content (AvgIpc) is 3.23. The van der Waals surface area contributed by atoms with E-state index >= 15 is 0 Å². The molecule has 0 bridgehead atoms. The lowest BCUT2D eigenvalue weighted by Gasteiger charge is -2.09. The van der Waals surface area contributed by atoms with Gasteiger partial charge in [0.1, 0.15) is 5.82 Å². The van der Waals surface area contributed by atoms with E-state index < -0.39 is 23.6 Å². The van der Waals surface area contributed by atoms with Gasteiger partial charge < -0.3 is 15.4 Å². The van der Waals surface area contributed by atoms with Crippen molar-refractivity contribution in [2.75, 3.05) is 18.5 Å².